The molecule has 5 rings (SSSR count). The number of H-pyrrole nitrogens is 1. The molecular weight excluding hydrogens is 500 g/mol. The maximum absolute atomic E-state index is 14.3. The monoisotopic (exact) mass is 527 g/mol. The molecule has 1 amide bonds. The molecule has 7 nitrogen and oxygen atoms in total. The molecule has 0 atom stereocenters. The lowest BCUT2D eigenvalue weighted by Gasteiger charge is -2.36. The van der Waals surface area contributed by atoms with Crippen LogP contribution in [-0.4, -0.2) is 48.5 Å². The SMILES string of the molecule is N#Cc1ccc(N2CCN(CCCc3cc4c(NC(=O)c5ccc(F)cc5)cc(F)cc4c(=O)[nH]3)CC2)cc1. The van der Waals surface area contributed by atoms with Gasteiger partial charge in [-0.25, -0.2) is 8.78 Å². The molecule has 198 valence electrons. The Morgan fingerprint density at radius 1 is 0.923 bits per heavy atom. The van der Waals surface area contributed by atoms with Gasteiger partial charge < -0.3 is 15.2 Å². The van der Waals surface area contributed by atoms with Crippen LogP contribution >= 0.6 is 0 Å². The van der Waals surface area contributed by atoms with Gasteiger partial charge in [-0.2, -0.15) is 5.26 Å². The number of aryl methyl sites for hydroxylation is 1. The lowest BCUT2D eigenvalue weighted by molar-refractivity contribution is 0.102. The second-order valence-corrected chi connectivity index (χ2v) is 9.59. The molecule has 4 aromatic rings. The molecule has 0 spiro atoms. The highest BCUT2D eigenvalue weighted by Crippen LogP contribution is 2.25. The Balaban J connectivity index is 1.22. The van der Waals surface area contributed by atoms with E-state index in [2.05, 4.69) is 26.2 Å². The molecule has 2 heterocycles. The van der Waals surface area contributed by atoms with Gasteiger partial charge >= 0.3 is 0 Å². The third kappa shape index (κ3) is 6.13. The predicted molar refractivity (Wildman–Crippen MR) is 147 cm³/mol. The van der Waals surface area contributed by atoms with E-state index >= 15 is 0 Å². The maximum atomic E-state index is 14.3. The molecule has 0 saturated carbocycles. The number of carbonyl (C=O) groups excluding carboxylic acids is 1. The summed E-state index contributed by atoms with van der Waals surface area (Å²) in [6.45, 7) is 4.46. The zero-order valence-electron chi connectivity index (χ0n) is 21.2. The van der Waals surface area contributed by atoms with Crippen LogP contribution in [0.2, 0.25) is 0 Å². The Hall–Kier alpha value is -4.55. The summed E-state index contributed by atoms with van der Waals surface area (Å²) in [5, 5.41) is 12.2. The summed E-state index contributed by atoms with van der Waals surface area (Å²) in [4.78, 5) is 33.0. The lowest BCUT2D eigenvalue weighted by Crippen LogP contribution is -2.46. The zero-order chi connectivity index (χ0) is 27.4. The minimum atomic E-state index is -0.643. The smallest absolute Gasteiger partial charge is 0.256 e. The van der Waals surface area contributed by atoms with Crippen molar-refractivity contribution < 1.29 is 13.6 Å². The van der Waals surface area contributed by atoms with Crippen LogP contribution in [0.5, 0.6) is 0 Å². The molecule has 1 aliphatic rings. The minimum absolute atomic E-state index is 0.145. The average molecular weight is 528 g/mol. The Bertz CT molecular complexity index is 1590. The molecule has 9 heteroatoms. The number of halogens is 2. The third-order valence-electron chi connectivity index (χ3n) is 6.99. The number of anilines is 2. The molecule has 3 aromatic carbocycles. The molecule has 1 aromatic heterocycles. The fourth-order valence-corrected chi connectivity index (χ4v) is 4.89. The number of nitrogens with zero attached hydrogens (tertiary/aromatic N) is 3. The van der Waals surface area contributed by atoms with E-state index in [0.29, 0.717) is 23.1 Å². The summed E-state index contributed by atoms with van der Waals surface area (Å²) >= 11 is 0. The first kappa shape index (κ1) is 26.1. The van der Waals surface area contributed by atoms with Crippen molar-refractivity contribution in [2.24, 2.45) is 0 Å². The number of nitriles is 1. The van der Waals surface area contributed by atoms with Gasteiger partial charge in [-0.3, -0.25) is 14.5 Å². The van der Waals surface area contributed by atoms with E-state index in [1.165, 1.54) is 30.3 Å². The first-order valence-electron chi connectivity index (χ1n) is 12.8. The van der Waals surface area contributed by atoms with Gasteiger partial charge in [0.1, 0.15) is 11.6 Å². The van der Waals surface area contributed by atoms with Gasteiger partial charge in [-0.1, -0.05) is 0 Å². The van der Waals surface area contributed by atoms with Crippen molar-refractivity contribution in [3.05, 3.63) is 106 Å². The molecule has 0 aliphatic carbocycles. The lowest BCUT2D eigenvalue weighted by atomic mass is 10.1. The largest absolute Gasteiger partial charge is 0.369 e. The van der Waals surface area contributed by atoms with Gasteiger partial charge in [-0.15, -0.1) is 0 Å². The van der Waals surface area contributed by atoms with Crippen LogP contribution in [0, 0.1) is 23.0 Å². The van der Waals surface area contributed by atoms with Crippen LogP contribution in [0.4, 0.5) is 20.2 Å². The summed E-state index contributed by atoms with van der Waals surface area (Å²) in [5.74, 6) is -1.63. The number of aromatic nitrogens is 1. The number of hydrogen-bond acceptors (Lipinski definition) is 5. The van der Waals surface area contributed by atoms with E-state index in [1.54, 1.807) is 6.07 Å². The predicted octanol–water partition coefficient (Wildman–Crippen LogP) is 4.69. The van der Waals surface area contributed by atoms with Crippen LogP contribution in [0.15, 0.2) is 71.5 Å². The van der Waals surface area contributed by atoms with E-state index in [1.807, 2.05) is 24.3 Å². The van der Waals surface area contributed by atoms with Crippen molar-refractivity contribution >= 4 is 28.1 Å². The van der Waals surface area contributed by atoms with Gasteiger partial charge in [0.15, 0.2) is 0 Å². The van der Waals surface area contributed by atoms with Crippen molar-refractivity contribution in [1.29, 1.82) is 5.26 Å². The van der Waals surface area contributed by atoms with E-state index in [9.17, 15) is 18.4 Å². The summed E-state index contributed by atoms with van der Waals surface area (Å²) in [6.07, 6.45) is 1.43. The highest BCUT2D eigenvalue weighted by Gasteiger charge is 2.18. The second kappa shape index (κ2) is 11.5. The molecule has 1 aliphatic heterocycles. The minimum Gasteiger partial charge on any atom is -0.369 e. The van der Waals surface area contributed by atoms with Crippen LogP contribution < -0.4 is 15.8 Å². The standard InChI is InChI=1S/C30H27F2N5O2/c31-22-7-5-21(6-8-22)29(38)35-28-17-23(32)16-27-26(28)18-24(34-30(27)39)2-1-11-36-12-14-37(15-13-36)25-9-3-20(19-33)4-10-25/h3-10,16-18H,1-2,11-15H2,(H,34,39)(H,35,38). The molecule has 39 heavy (non-hydrogen) atoms. The number of piperazine rings is 1. The molecule has 0 radical (unpaired) electrons. The topological polar surface area (TPSA) is 92.2 Å². The van der Waals surface area contributed by atoms with Gasteiger partial charge in [-0.05, 0) is 86.1 Å². The van der Waals surface area contributed by atoms with Crippen molar-refractivity contribution in [3.63, 3.8) is 0 Å². The first-order chi connectivity index (χ1) is 18.9. The van der Waals surface area contributed by atoms with Crippen LogP contribution in [0.3, 0.4) is 0 Å². The summed E-state index contributed by atoms with van der Waals surface area (Å²) in [5.41, 5.74) is 2.45. The Kier molecular flexibility index (Phi) is 7.66. The number of aromatic amines is 1. The first-order valence-corrected chi connectivity index (χ1v) is 12.8. The van der Waals surface area contributed by atoms with Gasteiger partial charge in [0.2, 0.25) is 0 Å². The normalized spacial score (nSPS) is 13.8. The molecule has 0 unspecified atom stereocenters. The number of amides is 1. The van der Waals surface area contributed by atoms with E-state index in [4.69, 9.17) is 5.26 Å². The van der Waals surface area contributed by atoms with Crippen LogP contribution in [0.25, 0.3) is 10.8 Å². The number of nitrogens with one attached hydrogen (secondary N) is 2. The molecule has 1 saturated heterocycles. The second-order valence-electron chi connectivity index (χ2n) is 9.59. The van der Waals surface area contributed by atoms with Crippen molar-refractivity contribution in [3.8, 4) is 6.07 Å². The zero-order valence-corrected chi connectivity index (χ0v) is 21.2. The molecular formula is C30H27F2N5O2. The number of benzene rings is 3. The number of hydrogen-bond donors (Lipinski definition) is 2. The van der Waals surface area contributed by atoms with Gasteiger partial charge in [0.25, 0.3) is 11.5 Å². The highest BCUT2D eigenvalue weighted by molar-refractivity contribution is 6.09. The third-order valence-corrected chi connectivity index (χ3v) is 6.99. The number of rotatable bonds is 7. The Morgan fingerprint density at radius 3 is 2.33 bits per heavy atom. The highest BCUT2D eigenvalue weighted by atomic mass is 19.1. The van der Waals surface area contributed by atoms with Gasteiger partial charge in [0, 0.05) is 48.5 Å². The molecule has 1 fully saturated rings. The number of fused-ring (bicyclic) bond motifs is 1. The van der Waals surface area contributed by atoms with Gasteiger partial charge in [0.05, 0.1) is 22.7 Å². The van der Waals surface area contributed by atoms with E-state index < -0.39 is 23.1 Å². The molecule has 2 N–H and O–H groups in total. The maximum Gasteiger partial charge on any atom is 0.256 e. The van der Waals surface area contributed by atoms with Crippen molar-refractivity contribution in [1.82, 2.24) is 9.88 Å². The fraction of sp³-hybridized carbons (Fsp3) is 0.233. The summed E-state index contributed by atoms with van der Waals surface area (Å²) in [7, 11) is 0. The van der Waals surface area contributed by atoms with Crippen LogP contribution in [-0.2, 0) is 6.42 Å². The average Bonchev–Trinajstić information content (AvgIpc) is 2.94. The van der Waals surface area contributed by atoms with E-state index in [-0.39, 0.29) is 16.6 Å². The van der Waals surface area contributed by atoms with E-state index in [0.717, 1.165) is 50.9 Å². The Labute approximate surface area is 224 Å². The number of pyridine rings is 1. The fourth-order valence-electron chi connectivity index (χ4n) is 4.89. The Morgan fingerprint density at radius 2 is 1.64 bits per heavy atom. The van der Waals surface area contributed by atoms with Crippen LogP contribution in [0.1, 0.15) is 28.0 Å². The number of carbonyl (C=O) groups is 1. The quantitative estimate of drug-likeness (QED) is 0.364. The van der Waals surface area contributed by atoms with Crippen molar-refractivity contribution in [2.45, 2.75) is 12.8 Å². The molecule has 0 bridgehead atoms. The summed E-state index contributed by atoms with van der Waals surface area (Å²) < 4.78 is 27.5. The summed E-state index contributed by atoms with van der Waals surface area (Å²) in [6, 6.07) is 18.9. The van der Waals surface area contributed by atoms with Crippen molar-refractivity contribution in [2.75, 3.05) is 42.9 Å².